The van der Waals surface area contributed by atoms with Crippen molar-refractivity contribution in [1.29, 1.82) is 0 Å². The Balaban J connectivity index is 1.93. The van der Waals surface area contributed by atoms with Crippen molar-refractivity contribution in [2.45, 2.75) is 71.0 Å². The Bertz CT molecular complexity index is 1200. The van der Waals surface area contributed by atoms with Crippen LogP contribution in [0.2, 0.25) is 10.0 Å². The fourth-order valence-electron chi connectivity index (χ4n) is 4.63. The number of nitrogens with one attached hydrogen (secondary N) is 1. The topological polar surface area (TPSA) is 86.8 Å². The molecule has 1 aliphatic carbocycles. The summed E-state index contributed by atoms with van der Waals surface area (Å²) >= 11 is 12.4. The number of aryl methyl sites for hydroxylation is 1. The summed E-state index contributed by atoms with van der Waals surface area (Å²) < 4.78 is 26.5. The number of anilines is 1. The SMILES string of the molecule is CCC(C(=O)NC1CCCCC1)N(Cc1ccc(C)cc1)C(=O)CN(c1cc(Cl)ccc1Cl)S(C)(=O)=O. The number of halogens is 2. The second-order valence-corrected chi connectivity index (χ2v) is 12.4. The third-order valence-electron chi connectivity index (χ3n) is 6.67. The lowest BCUT2D eigenvalue weighted by molar-refractivity contribution is -0.140. The third kappa shape index (κ3) is 8.09. The Hall–Kier alpha value is -2.29. The number of benzene rings is 2. The van der Waals surface area contributed by atoms with E-state index < -0.39 is 28.5 Å². The van der Waals surface area contributed by atoms with Crippen LogP contribution in [0.15, 0.2) is 42.5 Å². The zero-order chi connectivity index (χ0) is 27.2. The van der Waals surface area contributed by atoms with Crippen LogP contribution in [-0.4, -0.2) is 50.0 Å². The highest BCUT2D eigenvalue weighted by molar-refractivity contribution is 7.92. The van der Waals surface area contributed by atoms with E-state index in [9.17, 15) is 18.0 Å². The standard InChI is InChI=1S/C27H35Cl2N3O4S/c1-4-24(27(34)30-22-8-6-5-7-9-22)31(17-20-12-10-19(2)11-13-20)26(33)18-32(37(3,35)36)25-16-21(28)14-15-23(25)29/h10-16,22,24H,4-9,17-18H2,1-3H3,(H,30,34). The van der Waals surface area contributed by atoms with Crippen LogP contribution < -0.4 is 9.62 Å². The summed E-state index contributed by atoms with van der Waals surface area (Å²) in [6.45, 7) is 3.47. The van der Waals surface area contributed by atoms with Crippen molar-refractivity contribution < 1.29 is 18.0 Å². The highest BCUT2D eigenvalue weighted by atomic mass is 35.5. The molecule has 0 radical (unpaired) electrons. The van der Waals surface area contributed by atoms with Crippen molar-refractivity contribution in [3.63, 3.8) is 0 Å². The van der Waals surface area contributed by atoms with Gasteiger partial charge in [-0.3, -0.25) is 13.9 Å². The van der Waals surface area contributed by atoms with Gasteiger partial charge >= 0.3 is 0 Å². The van der Waals surface area contributed by atoms with Gasteiger partial charge in [-0.25, -0.2) is 8.42 Å². The highest BCUT2D eigenvalue weighted by Crippen LogP contribution is 2.31. The monoisotopic (exact) mass is 567 g/mol. The number of nitrogens with zero attached hydrogens (tertiary/aromatic N) is 2. The Morgan fingerprint density at radius 2 is 1.70 bits per heavy atom. The summed E-state index contributed by atoms with van der Waals surface area (Å²) in [4.78, 5) is 28.7. The van der Waals surface area contributed by atoms with E-state index in [4.69, 9.17) is 23.2 Å². The van der Waals surface area contributed by atoms with Crippen LogP contribution in [0.25, 0.3) is 0 Å². The van der Waals surface area contributed by atoms with E-state index in [1.54, 1.807) is 6.07 Å². The van der Waals surface area contributed by atoms with Gasteiger partial charge in [0.05, 0.1) is 17.0 Å². The quantitative estimate of drug-likeness (QED) is 0.420. The van der Waals surface area contributed by atoms with Gasteiger partial charge in [0.1, 0.15) is 12.6 Å². The van der Waals surface area contributed by atoms with Crippen molar-refractivity contribution in [2.75, 3.05) is 17.1 Å². The zero-order valence-electron chi connectivity index (χ0n) is 21.5. The van der Waals surface area contributed by atoms with Crippen molar-refractivity contribution in [3.8, 4) is 0 Å². The van der Waals surface area contributed by atoms with Gasteiger partial charge in [-0.05, 0) is 49.9 Å². The number of hydrogen-bond acceptors (Lipinski definition) is 4. The zero-order valence-corrected chi connectivity index (χ0v) is 23.9. The van der Waals surface area contributed by atoms with Gasteiger partial charge in [0, 0.05) is 17.6 Å². The molecule has 10 heteroatoms. The molecular weight excluding hydrogens is 533 g/mol. The predicted octanol–water partition coefficient (Wildman–Crippen LogP) is 5.32. The molecule has 1 saturated carbocycles. The number of amides is 2. The van der Waals surface area contributed by atoms with Gasteiger partial charge in [-0.1, -0.05) is 79.2 Å². The lowest BCUT2D eigenvalue weighted by Gasteiger charge is -2.34. The second-order valence-electron chi connectivity index (χ2n) is 9.64. The molecule has 0 bridgehead atoms. The first-order chi connectivity index (χ1) is 17.5. The van der Waals surface area contributed by atoms with Crippen LogP contribution in [0.4, 0.5) is 5.69 Å². The van der Waals surface area contributed by atoms with E-state index in [1.165, 1.54) is 17.0 Å². The number of carbonyl (C=O) groups excluding carboxylic acids is 2. The maximum Gasteiger partial charge on any atom is 0.244 e. The minimum atomic E-state index is -3.90. The lowest BCUT2D eigenvalue weighted by Crippen LogP contribution is -2.54. The molecule has 0 aliphatic heterocycles. The maximum absolute atomic E-state index is 13.8. The molecule has 1 N–H and O–H groups in total. The average molecular weight is 569 g/mol. The van der Waals surface area contributed by atoms with Gasteiger partial charge in [0.2, 0.25) is 21.8 Å². The molecule has 1 atom stereocenters. The Labute approximate surface area is 230 Å². The summed E-state index contributed by atoms with van der Waals surface area (Å²) in [5.74, 6) is -0.728. The van der Waals surface area contributed by atoms with Crippen molar-refractivity contribution >= 4 is 50.7 Å². The van der Waals surface area contributed by atoms with Crippen molar-refractivity contribution in [1.82, 2.24) is 10.2 Å². The molecule has 1 aliphatic rings. The minimum absolute atomic E-state index is 0.0874. The van der Waals surface area contributed by atoms with Crippen LogP contribution in [0.3, 0.4) is 0 Å². The predicted molar refractivity (Wildman–Crippen MR) is 149 cm³/mol. The Morgan fingerprint density at radius 3 is 2.30 bits per heavy atom. The first kappa shape index (κ1) is 29.3. The fourth-order valence-corrected chi connectivity index (χ4v) is 5.92. The van der Waals surface area contributed by atoms with Crippen LogP contribution >= 0.6 is 23.2 Å². The first-order valence-corrected chi connectivity index (χ1v) is 15.2. The third-order valence-corrected chi connectivity index (χ3v) is 8.35. The molecule has 2 aromatic carbocycles. The van der Waals surface area contributed by atoms with E-state index >= 15 is 0 Å². The van der Waals surface area contributed by atoms with E-state index in [0.717, 1.165) is 53.8 Å². The van der Waals surface area contributed by atoms with Crippen LogP contribution in [0.5, 0.6) is 0 Å². The number of rotatable bonds is 10. The molecule has 37 heavy (non-hydrogen) atoms. The molecule has 0 saturated heterocycles. The van der Waals surface area contributed by atoms with E-state index in [0.29, 0.717) is 6.42 Å². The van der Waals surface area contributed by atoms with Gasteiger partial charge in [-0.2, -0.15) is 0 Å². The smallest absolute Gasteiger partial charge is 0.244 e. The summed E-state index contributed by atoms with van der Waals surface area (Å²) in [6, 6.07) is 11.5. The number of hydrogen-bond donors (Lipinski definition) is 1. The number of sulfonamides is 1. The lowest BCUT2D eigenvalue weighted by atomic mass is 9.95. The van der Waals surface area contributed by atoms with Gasteiger partial charge in [0.15, 0.2) is 0 Å². The van der Waals surface area contributed by atoms with Crippen LogP contribution in [-0.2, 0) is 26.2 Å². The largest absolute Gasteiger partial charge is 0.352 e. The summed E-state index contributed by atoms with van der Waals surface area (Å²) in [7, 11) is -3.90. The van der Waals surface area contributed by atoms with E-state index in [1.807, 2.05) is 38.1 Å². The molecule has 1 unspecified atom stereocenters. The molecule has 0 spiro atoms. The molecule has 0 aromatic heterocycles. The van der Waals surface area contributed by atoms with Gasteiger partial charge < -0.3 is 10.2 Å². The molecule has 2 aromatic rings. The molecule has 0 heterocycles. The fraction of sp³-hybridized carbons (Fsp3) is 0.481. The van der Waals surface area contributed by atoms with Crippen LogP contribution in [0, 0.1) is 6.92 Å². The van der Waals surface area contributed by atoms with Crippen LogP contribution in [0.1, 0.15) is 56.6 Å². The normalized spacial score (nSPS) is 15.2. The second kappa shape index (κ2) is 13.0. The van der Waals surface area contributed by atoms with Crippen molar-refractivity contribution in [3.05, 3.63) is 63.6 Å². The average Bonchev–Trinajstić information content (AvgIpc) is 2.85. The van der Waals surface area contributed by atoms with Gasteiger partial charge in [0.25, 0.3) is 0 Å². The molecular formula is C27H35Cl2N3O4S. The highest BCUT2D eigenvalue weighted by Gasteiger charge is 2.33. The maximum atomic E-state index is 13.8. The summed E-state index contributed by atoms with van der Waals surface area (Å²) in [5, 5.41) is 3.56. The summed E-state index contributed by atoms with van der Waals surface area (Å²) in [5.41, 5.74) is 2.03. The van der Waals surface area contributed by atoms with Crippen molar-refractivity contribution in [2.24, 2.45) is 0 Å². The summed E-state index contributed by atoms with van der Waals surface area (Å²) in [6.07, 6.45) is 6.53. The number of carbonyl (C=O) groups is 2. The molecule has 1 fully saturated rings. The van der Waals surface area contributed by atoms with Gasteiger partial charge in [-0.15, -0.1) is 0 Å². The Kier molecular flexibility index (Phi) is 10.3. The minimum Gasteiger partial charge on any atom is -0.352 e. The molecule has 3 rings (SSSR count). The first-order valence-electron chi connectivity index (χ1n) is 12.6. The Morgan fingerprint density at radius 1 is 1.05 bits per heavy atom. The molecule has 2 amide bonds. The van der Waals surface area contributed by atoms with E-state index in [-0.39, 0.29) is 34.2 Å². The molecule has 7 nitrogen and oxygen atoms in total. The van der Waals surface area contributed by atoms with E-state index in [2.05, 4.69) is 5.32 Å². The molecule has 202 valence electrons.